The second kappa shape index (κ2) is 4.12. The van der Waals surface area contributed by atoms with Gasteiger partial charge in [0.2, 0.25) is 0 Å². The van der Waals surface area contributed by atoms with Gasteiger partial charge in [0.25, 0.3) is 0 Å². The Morgan fingerprint density at radius 3 is 2.62 bits per heavy atom. The molecule has 1 aromatic carbocycles. The number of rotatable bonds is 3. The van der Waals surface area contributed by atoms with Crippen molar-refractivity contribution in [3.63, 3.8) is 0 Å². The number of ketones is 1. The van der Waals surface area contributed by atoms with E-state index in [1.807, 2.05) is 38.2 Å². The van der Waals surface area contributed by atoms with Gasteiger partial charge in [0.15, 0.2) is 5.78 Å². The lowest BCUT2D eigenvalue weighted by Crippen LogP contribution is -2.06. The lowest BCUT2D eigenvalue weighted by molar-refractivity contribution is 0.0941. The molecule has 0 fully saturated rings. The molecule has 0 atom stereocenters. The van der Waals surface area contributed by atoms with Crippen LogP contribution in [0.5, 0.6) is 0 Å². The smallest absolute Gasteiger partial charge is 0.167 e. The molecule has 0 N–H and O–H groups in total. The number of Topliss-reactive ketones (excluding diaryl/α,β-unsaturated/α-hetero) is 1. The molecule has 0 aliphatic heterocycles. The van der Waals surface area contributed by atoms with E-state index < -0.39 is 0 Å². The zero-order chi connectivity index (χ0) is 11.7. The fraction of sp³-hybridized carbons (Fsp3) is 0.357. The number of hydrogen-bond acceptors (Lipinski definition) is 1. The minimum absolute atomic E-state index is 0.0520. The van der Waals surface area contributed by atoms with Gasteiger partial charge < -0.3 is 4.57 Å². The molecule has 0 radical (unpaired) electrons. The standard InChI is InChI=1S/C14H17NO/c1-4-15-9-12(14(16)10(2)3)11-7-5-6-8-13(11)15/h5-10H,4H2,1-3H3. The van der Waals surface area contributed by atoms with Gasteiger partial charge in [-0.05, 0) is 13.0 Å². The maximum absolute atomic E-state index is 12.1. The van der Waals surface area contributed by atoms with Gasteiger partial charge in [0.05, 0.1) is 0 Å². The number of nitrogens with zero attached hydrogens (tertiary/aromatic N) is 1. The monoisotopic (exact) mass is 215 g/mol. The molecule has 16 heavy (non-hydrogen) atoms. The molecule has 2 nitrogen and oxygen atoms in total. The number of aryl methyl sites for hydroxylation is 1. The molecule has 0 spiro atoms. The highest BCUT2D eigenvalue weighted by atomic mass is 16.1. The second-order valence-corrected chi connectivity index (χ2v) is 4.36. The van der Waals surface area contributed by atoms with Gasteiger partial charge in [-0.1, -0.05) is 32.0 Å². The van der Waals surface area contributed by atoms with Crippen LogP contribution in [0, 0.1) is 5.92 Å². The minimum Gasteiger partial charge on any atom is -0.347 e. The first-order valence-corrected chi connectivity index (χ1v) is 5.77. The van der Waals surface area contributed by atoms with Gasteiger partial charge in [0.1, 0.15) is 0 Å². The van der Waals surface area contributed by atoms with Crippen molar-refractivity contribution in [1.29, 1.82) is 0 Å². The zero-order valence-corrected chi connectivity index (χ0v) is 10.0. The summed E-state index contributed by atoms with van der Waals surface area (Å²) in [5.74, 6) is 0.277. The first-order valence-electron chi connectivity index (χ1n) is 5.77. The summed E-state index contributed by atoms with van der Waals surface area (Å²) in [6, 6.07) is 8.09. The van der Waals surface area contributed by atoms with Crippen LogP contribution in [0.2, 0.25) is 0 Å². The highest BCUT2D eigenvalue weighted by Crippen LogP contribution is 2.23. The number of hydrogen-bond donors (Lipinski definition) is 0. The number of benzene rings is 1. The van der Waals surface area contributed by atoms with E-state index in [1.54, 1.807) is 0 Å². The maximum Gasteiger partial charge on any atom is 0.167 e. The van der Waals surface area contributed by atoms with Gasteiger partial charge in [-0.2, -0.15) is 0 Å². The summed E-state index contributed by atoms with van der Waals surface area (Å²) in [4.78, 5) is 12.1. The Bertz CT molecular complexity index is 523. The summed E-state index contributed by atoms with van der Waals surface area (Å²) < 4.78 is 2.13. The number of para-hydroxylation sites is 1. The van der Waals surface area contributed by atoms with E-state index in [4.69, 9.17) is 0 Å². The lowest BCUT2D eigenvalue weighted by atomic mass is 10.0. The summed E-state index contributed by atoms with van der Waals surface area (Å²) in [6.07, 6.45) is 1.98. The molecule has 0 saturated heterocycles. The Hall–Kier alpha value is -1.57. The first kappa shape index (κ1) is 10.9. The minimum atomic E-state index is 0.0520. The Balaban J connectivity index is 2.66. The first-order chi connectivity index (χ1) is 7.65. The van der Waals surface area contributed by atoms with Crippen molar-refractivity contribution in [1.82, 2.24) is 4.57 Å². The Kier molecular flexibility index (Phi) is 2.82. The number of fused-ring (bicyclic) bond motifs is 1. The van der Waals surface area contributed by atoms with Crippen molar-refractivity contribution >= 4 is 16.7 Å². The summed E-state index contributed by atoms with van der Waals surface area (Å²) in [7, 11) is 0. The van der Waals surface area contributed by atoms with Crippen LogP contribution < -0.4 is 0 Å². The molecular weight excluding hydrogens is 198 g/mol. The largest absolute Gasteiger partial charge is 0.347 e. The molecule has 2 rings (SSSR count). The maximum atomic E-state index is 12.1. The van der Waals surface area contributed by atoms with Crippen LogP contribution in [-0.4, -0.2) is 10.4 Å². The van der Waals surface area contributed by atoms with E-state index >= 15 is 0 Å². The van der Waals surface area contributed by atoms with E-state index in [1.165, 1.54) is 0 Å². The Morgan fingerprint density at radius 2 is 2.00 bits per heavy atom. The van der Waals surface area contributed by atoms with Crippen LogP contribution in [0.4, 0.5) is 0 Å². The second-order valence-electron chi connectivity index (χ2n) is 4.36. The molecular formula is C14H17NO. The van der Waals surface area contributed by atoms with Crippen LogP contribution in [0.3, 0.4) is 0 Å². The van der Waals surface area contributed by atoms with Crippen LogP contribution in [0.15, 0.2) is 30.5 Å². The molecule has 84 valence electrons. The topological polar surface area (TPSA) is 22.0 Å². The third-order valence-corrected chi connectivity index (χ3v) is 2.92. The molecule has 2 heteroatoms. The summed E-state index contributed by atoms with van der Waals surface area (Å²) >= 11 is 0. The third kappa shape index (κ3) is 1.64. The van der Waals surface area contributed by atoms with Gasteiger partial charge in [-0.15, -0.1) is 0 Å². The van der Waals surface area contributed by atoms with Gasteiger partial charge in [-0.3, -0.25) is 4.79 Å². The van der Waals surface area contributed by atoms with Crippen LogP contribution >= 0.6 is 0 Å². The molecule has 0 unspecified atom stereocenters. The molecule has 2 aromatic rings. The van der Waals surface area contributed by atoms with Crippen molar-refractivity contribution in [2.45, 2.75) is 27.3 Å². The van der Waals surface area contributed by atoms with Crippen LogP contribution in [0.25, 0.3) is 10.9 Å². The molecule has 0 aliphatic carbocycles. The van der Waals surface area contributed by atoms with E-state index in [0.29, 0.717) is 0 Å². The average Bonchev–Trinajstić information content (AvgIpc) is 2.66. The van der Waals surface area contributed by atoms with Crippen molar-refractivity contribution in [3.05, 3.63) is 36.0 Å². The fourth-order valence-corrected chi connectivity index (χ4v) is 2.02. The normalized spacial score (nSPS) is 11.2. The molecule has 1 heterocycles. The summed E-state index contributed by atoms with van der Waals surface area (Å²) in [5.41, 5.74) is 2.00. The van der Waals surface area contributed by atoms with Gasteiger partial charge >= 0.3 is 0 Å². The number of carbonyl (C=O) groups excluding carboxylic acids is 1. The highest BCUT2D eigenvalue weighted by Gasteiger charge is 2.16. The summed E-state index contributed by atoms with van der Waals surface area (Å²) in [6.45, 7) is 6.88. The molecule has 1 aromatic heterocycles. The highest BCUT2D eigenvalue weighted by molar-refractivity contribution is 6.08. The van der Waals surface area contributed by atoms with E-state index in [9.17, 15) is 4.79 Å². The van der Waals surface area contributed by atoms with Crippen molar-refractivity contribution in [2.24, 2.45) is 5.92 Å². The van der Waals surface area contributed by atoms with E-state index in [2.05, 4.69) is 17.6 Å². The zero-order valence-electron chi connectivity index (χ0n) is 10.0. The van der Waals surface area contributed by atoms with E-state index in [-0.39, 0.29) is 11.7 Å². The predicted octanol–water partition coefficient (Wildman–Crippen LogP) is 3.50. The van der Waals surface area contributed by atoms with Crippen molar-refractivity contribution in [2.75, 3.05) is 0 Å². The van der Waals surface area contributed by atoms with Gasteiger partial charge in [0, 0.05) is 35.1 Å². The third-order valence-electron chi connectivity index (χ3n) is 2.92. The Labute approximate surface area is 95.9 Å². The van der Waals surface area contributed by atoms with Crippen molar-refractivity contribution < 1.29 is 4.79 Å². The summed E-state index contributed by atoms with van der Waals surface area (Å²) in [5, 5.41) is 1.07. The van der Waals surface area contributed by atoms with Gasteiger partial charge in [-0.25, -0.2) is 0 Å². The van der Waals surface area contributed by atoms with Crippen LogP contribution in [-0.2, 0) is 6.54 Å². The average molecular weight is 215 g/mol. The Morgan fingerprint density at radius 1 is 1.31 bits per heavy atom. The van der Waals surface area contributed by atoms with E-state index in [0.717, 1.165) is 23.0 Å². The molecule has 0 aliphatic rings. The quantitative estimate of drug-likeness (QED) is 0.718. The predicted molar refractivity (Wildman–Crippen MR) is 66.8 cm³/mol. The molecule has 0 bridgehead atoms. The molecule has 0 saturated carbocycles. The van der Waals surface area contributed by atoms with Crippen molar-refractivity contribution in [3.8, 4) is 0 Å². The number of carbonyl (C=O) groups is 1. The fourth-order valence-electron chi connectivity index (χ4n) is 2.02. The number of aromatic nitrogens is 1. The molecule has 0 amide bonds. The lowest BCUT2D eigenvalue weighted by Gasteiger charge is -2.01. The SMILES string of the molecule is CCn1cc(C(=O)C(C)C)c2ccccc21. The van der Waals surface area contributed by atoms with Crippen LogP contribution in [0.1, 0.15) is 31.1 Å².